The molecule has 0 aromatic heterocycles. The first-order valence-corrected chi connectivity index (χ1v) is 9.77. The highest BCUT2D eigenvalue weighted by Crippen LogP contribution is 2.24. The quantitative estimate of drug-likeness (QED) is 0.469. The SMILES string of the molecule is CNC(/C=C/[C@@H](C(=O)N(C)C(/C=C(\C)C(=O)O)C(C)C)C(C)C)C(C)(C)C. The van der Waals surface area contributed by atoms with Crippen LogP contribution in [-0.2, 0) is 9.59 Å². The molecule has 5 nitrogen and oxygen atoms in total. The monoisotopic (exact) mass is 380 g/mol. The number of carboxylic acid groups (broad SMARTS) is 1. The number of carbonyl (C=O) groups excluding carboxylic acids is 1. The van der Waals surface area contributed by atoms with Crippen molar-refractivity contribution < 1.29 is 14.7 Å². The van der Waals surface area contributed by atoms with E-state index in [1.165, 1.54) is 0 Å². The van der Waals surface area contributed by atoms with E-state index in [4.69, 9.17) is 0 Å². The minimum atomic E-state index is -0.955. The minimum absolute atomic E-state index is 0.0122. The van der Waals surface area contributed by atoms with Crippen molar-refractivity contribution in [3.05, 3.63) is 23.8 Å². The van der Waals surface area contributed by atoms with Gasteiger partial charge < -0.3 is 15.3 Å². The molecule has 0 bridgehead atoms. The Morgan fingerprint density at radius 1 is 1.04 bits per heavy atom. The molecule has 5 heteroatoms. The Bertz CT molecular complexity index is 556. The smallest absolute Gasteiger partial charge is 0.331 e. The molecule has 0 aliphatic carbocycles. The standard InChI is InChI=1S/C22H40N2O3/c1-14(2)17(11-12-19(23-9)22(6,7)8)20(25)24(10)18(15(3)4)13-16(5)21(26)27/h11-15,17-19,23H,1-10H3,(H,26,27)/b12-11+,16-13+/t17-,18?,19?/m1/s1. The van der Waals surface area contributed by atoms with Gasteiger partial charge in [0, 0.05) is 18.7 Å². The third-order valence-corrected chi connectivity index (χ3v) is 4.99. The first kappa shape index (κ1) is 25.4. The van der Waals surface area contributed by atoms with Crippen molar-refractivity contribution in [2.75, 3.05) is 14.1 Å². The molecule has 0 fully saturated rings. The van der Waals surface area contributed by atoms with Crippen molar-refractivity contribution in [3.63, 3.8) is 0 Å². The molecule has 0 rings (SSSR count). The summed E-state index contributed by atoms with van der Waals surface area (Å²) >= 11 is 0. The number of aliphatic carboxylic acids is 1. The van der Waals surface area contributed by atoms with Gasteiger partial charge in [-0.25, -0.2) is 4.79 Å². The van der Waals surface area contributed by atoms with E-state index >= 15 is 0 Å². The molecular formula is C22H40N2O3. The predicted octanol–water partition coefficient (Wildman–Crippen LogP) is 3.96. The molecule has 1 amide bonds. The lowest BCUT2D eigenvalue weighted by molar-refractivity contribution is -0.136. The summed E-state index contributed by atoms with van der Waals surface area (Å²) in [6, 6.07) is -0.0992. The van der Waals surface area contributed by atoms with Crippen LogP contribution in [0.5, 0.6) is 0 Å². The van der Waals surface area contributed by atoms with Crippen LogP contribution in [-0.4, -0.2) is 48.1 Å². The van der Waals surface area contributed by atoms with Gasteiger partial charge in [0.15, 0.2) is 0 Å². The van der Waals surface area contributed by atoms with E-state index in [1.54, 1.807) is 24.9 Å². The molecule has 0 aromatic rings. The summed E-state index contributed by atoms with van der Waals surface area (Å²) in [5.74, 6) is -0.939. The van der Waals surface area contributed by atoms with Crippen molar-refractivity contribution in [1.29, 1.82) is 0 Å². The molecule has 3 atom stereocenters. The van der Waals surface area contributed by atoms with Crippen LogP contribution < -0.4 is 5.32 Å². The van der Waals surface area contributed by atoms with Crippen LogP contribution in [0.25, 0.3) is 0 Å². The fourth-order valence-corrected chi connectivity index (χ4v) is 3.10. The van der Waals surface area contributed by atoms with Gasteiger partial charge in [0.05, 0.1) is 12.0 Å². The van der Waals surface area contributed by atoms with Gasteiger partial charge in [0.25, 0.3) is 0 Å². The number of amides is 1. The zero-order valence-corrected chi connectivity index (χ0v) is 18.8. The molecule has 2 unspecified atom stereocenters. The van der Waals surface area contributed by atoms with E-state index in [2.05, 4.69) is 32.2 Å². The molecule has 0 aliphatic rings. The number of hydrogen-bond donors (Lipinski definition) is 2. The summed E-state index contributed by atoms with van der Waals surface area (Å²) in [5.41, 5.74) is 0.303. The Balaban J connectivity index is 5.68. The predicted molar refractivity (Wildman–Crippen MR) is 113 cm³/mol. The normalized spacial score (nSPS) is 16.7. The third-order valence-electron chi connectivity index (χ3n) is 4.99. The van der Waals surface area contributed by atoms with Gasteiger partial charge in [-0.3, -0.25) is 4.79 Å². The zero-order valence-electron chi connectivity index (χ0n) is 18.8. The van der Waals surface area contributed by atoms with Gasteiger partial charge in [-0.05, 0) is 31.2 Å². The van der Waals surface area contributed by atoms with E-state index in [0.717, 1.165) is 0 Å². The van der Waals surface area contributed by atoms with Crippen LogP contribution in [0.15, 0.2) is 23.8 Å². The summed E-state index contributed by atoms with van der Waals surface area (Å²) in [4.78, 5) is 26.1. The lowest BCUT2D eigenvalue weighted by atomic mass is 9.84. The Morgan fingerprint density at radius 3 is 1.89 bits per heavy atom. The average molecular weight is 381 g/mol. The van der Waals surface area contributed by atoms with E-state index in [0.29, 0.717) is 0 Å². The minimum Gasteiger partial charge on any atom is -0.478 e. The Morgan fingerprint density at radius 2 is 1.56 bits per heavy atom. The number of rotatable bonds is 9. The van der Waals surface area contributed by atoms with Crippen molar-refractivity contribution in [3.8, 4) is 0 Å². The first-order valence-electron chi connectivity index (χ1n) is 9.77. The second-order valence-electron chi connectivity index (χ2n) is 9.13. The lowest BCUT2D eigenvalue weighted by Gasteiger charge is -2.33. The van der Waals surface area contributed by atoms with E-state index in [1.807, 2.05) is 40.8 Å². The highest BCUT2D eigenvalue weighted by molar-refractivity contribution is 5.86. The molecule has 0 heterocycles. The maximum absolute atomic E-state index is 13.2. The van der Waals surface area contributed by atoms with Gasteiger partial charge in [0.2, 0.25) is 5.91 Å². The molecular weight excluding hydrogens is 340 g/mol. The summed E-state index contributed by atoms with van der Waals surface area (Å²) in [7, 11) is 3.69. The van der Waals surface area contributed by atoms with Gasteiger partial charge in [-0.15, -0.1) is 0 Å². The third kappa shape index (κ3) is 7.87. The Hall–Kier alpha value is -1.62. The molecule has 0 saturated carbocycles. The van der Waals surface area contributed by atoms with Gasteiger partial charge in [-0.1, -0.05) is 66.7 Å². The van der Waals surface area contributed by atoms with E-state index in [-0.39, 0.29) is 46.7 Å². The van der Waals surface area contributed by atoms with Crippen LogP contribution in [0, 0.1) is 23.2 Å². The van der Waals surface area contributed by atoms with Crippen LogP contribution in [0.4, 0.5) is 0 Å². The summed E-state index contributed by atoms with van der Waals surface area (Å²) < 4.78 is 0. The molecule has 0 spiro atoms. The molecule has 27 heavy (non-hydrogen) atoms. The maximum Gasteiger partial charge on any atom is 0.331 e. The van der Waals surface area contributed by atoms with Crippen LogP contribution in [0.3, 0.4) is 0 Å². The van der Waals surface area contributed by atoms with Crippen LogP contribution >= 0.6 is 0 Å². The molecule has 156 valence electrons. The summed E-state index contributed by atoms with van der Waals surface area (Å²) in [6.07, 6.45) is 5.76. The van der Waals surface area contributed by atoms with Crippen molar-refractivity contribution in [2.45, 2.75) is 67.5 Å². The summed E-state index contributed by atoms with van der Waals surface area (Å²) in [5, 5.41) is 12.5. The maximum atomic E-state index is 13.2. The Labute approximate surface area is 165 Å². The molecule has 0 aliphatic heterocycles. The largest absolute Gasteiger partial charge is 0.478 e. The number of likely N-dealkylation sites (N-methyl/N-ethyl adjacent to an activating group) is 2. The van der Waals surface area contributed by atoms with Crippen molar-refractivity contribution in [1.82, 2.24) is 10.2 Å². The lowest BCUT2D eigenvalue weighted by Crippen LogP contribution is -2.44. The zero-order chi connectivity index (χ0) is 21.5. The molecule has 2 N–H and O–H groups in total. The highest BCUT2D eigenvalue weighted by atomic mass is 16.4. The van der Waals surface area contributed by atoms with Crippen LogP contribution in [0.2, 0.25) is 0 Å². The average Bonchev–Trinajstić information content (AvgIpc) is 2.53. The topological polar surface area (TPSA) is 69.6 Å². The number of carbonyl (C=O) groups is 2. The second kappa shape index (κ2) is 10.6. The molecule has 0 aromatic carbocycles. The number of nitrogens with one attached hydrogen (secondary N) is 1. The fourth-order valence-electron chi connectivity index (χ4n) is 3.10. The number of carboxylic acids is 1. The van der Waals surface area contributed by atoms with E-state index in [9.17, 15) is 14.7 Å². The van der Waals surface area contributed by atoms with E-state index < -0.39 is 5.97 Å². The van der Waals surface area contributed by atoms with Crippen molar-refractivity contribution >= 4 is 11.9 Å². The first-order chi connectivity index (χ1) is 12.2. The summed E-state index contributed by atoms with van der Waals surface area (Å²) in [6.45, 7) is 16.1. The van der Waals surface area contributed by atoms with Gasteiger partial charge in [-0.2, -0.15) is 0 Å². The molecule has 0 radical (unpaired) electrons. The highest BCUT2D eigenvalue weighted by Gasteiger charge is 2.29. The second-order valence-corrected chi connectivity index (χ2v) is 9.13. The van der Waals surface area contributed by atoms with Gasteiger partial charge >= 0.3 is 5.97 Å². The Kier molecular flexibility index (Phi) is 10.0. The molecule has 0 saturated heterocycles. The number of hydrogen-bond acceptors (Lipinski definition) is 3. The number of nitrogens with zero attached hydrogens (tertiary/aromatic N) is 1. The van der Waals surface area contributed by atoms with Gasteiger partial charge in [0.1, 0.15) is 0 Å². The fraction of sp³-hybridized carbons (Fsp3) is 0.727. The van der Waals surface area contributed by atoms with Crippen molar-refractivity contribution in [2.24, 2.45) is 23.2 Å². The van der Waals surface area contributed by atoms with Crippen LogP contribution in [0.1, 0.15) is 55.4 Å².